The van der Waals surface area contributed by atoms with Gasteiger partial charge in [0, 0.05) is 31.1 Å². The standard InChI is InChI=1S/C29H31N3O3/c33-27(22-5-6-22)31-13-9-19(16-31)17-32-26(30-29(11-12-29)28(32)34)21-3-1-20(2-4-21)23-7-8-25-18-35-14-10-24(25)15-23/h1-4,7-8,15,19,22H,5-6,9-14,16-18H2. The van der Waals surface area contributed by atoms with Gasteiger partial charge in [-0.15, -0.1) is 0 Å². The van der Waals surface area contributed by atoms with Gasteiger partial charge in [-0.05, 0) is 66.7 Å². The van der Waals surface area contributed by atoms with Gasteiger partial charge in [0.05, 0.1) is 13.2 Å². The molecule has 1 atom stereocenters. The number of hydrogen-bond donors (Lipinski definition) is 0. The summed E-state index contributed by atoms with van der Waals surface area (Å²) >= 11 is 0. The van der Waals surface area contributed by atoms with Crippen LogP contribution in [0.3, 0.4) is 0 Å². The van der Waals surface area contributed by atoms with Crippen LogP contribution < -0.4 is 0 Å². The second-order valence-electron chi connectivity index (χ2n) is 11.0. The summed E-state index contributed by atoms with van der Waals surface area (Å²) in [6, 6.07) is 15.1. The van der Waals surface area contributed by atoms with E-state index in [2.05, 4.69) is 42.5 Å². The van der Waals surface area contributed by atoms with Crippen LogP contribution in [0.1, 0.15) is 48.8 Å². The fraction of sp³-hybridized carbons (Fsp3) is 0.483. The van der Waals surface area contributed by atoms with Crippen molar-refractivity contribution >= 4 is 17.6 Å². The van der Waals surface area contributed by atoms with Crippen LogP contribution in [-0.4, -0.2) is 59.2 Å². The van der Waals surface area contributed by atoms with Crippen molar-refractivity contribution in [3.05, 3.63) is 59.2 Å². The highest BCUT2D eigenvalue weighted by atomic mass is 16.5. The summed E-state index contributed by atoms with van der Waals surface area (Å²) in [5.74, 6) is 1.86. The Bertz CT molecular complexity index is 1230. The van der Waals surface area contributed by atoms with Crippen molar-refractivity contribution in [2.45, 2.75) is 50.7 Å². The highest BCUT2D eigenvalue weighted by Gasteiger charge is 2.57. The summed E-state index contributed by atoms with van der Waals surface area (Å²) in [6.45, 7) is 3.73. The molecule has 2 saturated carbocycles. The SMILES string of the molecule is O=C(C1CC1)N1CCC(CN2C(=O)C3(CC3)N=C2c2ccc(-c3ccc4c(c3)CCOC4)cc2)C1. The number of ether oxygens (including phenoxy) is 1. The number of likely N-dealkylation sites (tertiary alicyclic amines) is 1. The maximum absolute atomic E-state index is 13.3. The first-order valence-electron chi connectivity index (χ1n) is 13.1. The molecule has 6 heteroatoms. The maximum Gasteiger partial charge on any atom is 0.256 e. The molecule has 1 spiro atoms. The molecule has 0 bridgehead atoms. The maximum atomic E-state index is 13.3. The number of rotatable bonds is 5. The van der Waals surface area contributed by atoms with Crippen molar-refractivity contribution in [3.8, 4) is 11.1 Å². The average molecular weight is 470 g/mol. The van der Waals surface area contributed by atoms with E-state index >= 15 is 0 Å². The average Bonchev–Trinajstić information content (AvgIpc) is 3.82. The number of amides is 2. The minimum atomic E-state index is -0.517. The first-order valence-corrected chi connectivity index (χ1v) is 13.1. The lowest BCUT2D eigenvalue weighted by molar-refractivity contribution is -0.131. The largest absolute Gasteiger partial charge is 0.376 e. The van der Waals surface area contributed by atoms with Crippen LogP contribution in [0.15, 0.2) is 47.5 Å². The van der Waals surface area contributed by atoms with Crippen molar-refractivity contribution < 1.29 is 14.3 Å². The molecule has 3 fully saturated rings. The molecule has 3 aliphatic heterocycles. The third-order valence-electron chi connectivity index (χ3n) is 8.36. The van der Waals surface area contributed by atoms with Gasteiger partial charge < -0.3 is 9.64 Å². The highest BCUT2D eigenvalue weighted by Crippen LogP contribution is 2.46. The summed E-state index contributed by atoms with van der Waals surface area (Å²) in [5.41, 5.74) is 5.52. The predicted molar refractivity (Wildman–Crippen MR) is 133 cm³/mol. The summed E-state index contributed by atoms with van der Waals surface area (Å²) in [5, 5.41) is 0. The van der Waals surface area contributed by atoms with E-state index in [4.69, 9.17) is 9.73 Å². The molecule has 0 N–H and O–H groups in total. The third-order valence-corrected chi connectivity index (χ3v) is 8.36. The van der Waals surface area contributed by atoms with E-state index in [0.717, 1.165) is 69.6 Å². The van der Waals surface area contributed by atoms with Crippen LogP contribution in [0.25, 0.3) is 11.1 Å². The number of fused-ring (bicyclic) bond motifs is 1. The van der Waals surface area contributed by atoms with Gasteiger partial charge >= 0.3 is 0 Å². The Balaban J connectivity index is 1.10. The van der Waals surface area contributed by atoms with Crippen LogP contribution in [0.5, 0.6) is 0 Å². The lowest BCUT2D eigenvalue weighted by Crippen LogP contribution is -2.40. The molecule has 7 rings (SSSR count). The molecule has 2 amide bonds. The number of carbonyl (C=O) groups is 2. The minimum Gasteiger partial charge on any atom is -0.376 e. The fourth-order valence-electron chi connectivity index (χ4n) is 5.88. The van der Waals surface area contributed by atoms with Crippen molar-refractivity contribution in [3.63, 3.8) is 0 Å². The number of carbonyl (C=O) groups excluding carboxylic acids is 2. The first-order chi connectivity index (χ1) is 17.1. The Kier molecular flexibility index (Phi) is 4.88. The molecule has 0 aromatic heterocycles. The molecule has 2 aromatic carbocycles. The molecule has 1 unspecified atom stereocenters. The zero-order valence-electron chi connectivity index (χ0n) is 20.0. The van der Waals surface area contributed by atoms with Gasteiger partial charge in [-0.25, -0.2) is 0 Å². The Labute approximate surface area is 206 Å². The molecule has 3 heterocycles. The van der Waals surface area contributed by atoms with Crippen molar-refractivity contribution in [2.24, 2.45) is 16.8 Å². The monoisotopic (exact) mass is 469 g/mol. The smallest absolute Gasteiger partial charge is 0.256 e. The predicted octanol–water partition coefficient (Wildman–Crippen LogP) is 3.81. The fourth-order valence-corrected chi connectivity index (χ4v) is 5.88. The molecule has 35 heavy (non-hydrogen) atoms. The summed E-state index contributed by atoms with van der Waals surface area (Å²) in [7, 11) is 0. The second kappa shape index (κ2) is 8.02. The van der Waals surface area contributed by atoms with Crippen LogP contribution >= 0.6 is 0 Å². The molecule has 180 valence electrons. The van der Waals surface area contributed by atoms with Gasteiger partial charge in [0.1, 0.15) is 11.4 Å². The van der Waals surface area contributed by atoms with Crippen LogP contribution in [-0.2, 0) is 27.4 Å². The van der Waals surface area contributed by atoms with Crippen LogP contribution in [0, 0.1) is 11.8 Å². The third kappa shape index (κ3) is 3.79. The number of nitrogens with zero attached hydrogens (tertiary/aromatic N) is 3. The lowest BCUT2D eigenvalue weighted by atomic mass is 9.96. The van der Waals surface area contributed by atoms with E-state index in [0.29, 0.717) is 25.0 Å². The molecule has 0 radical (unpaired) electrons. The highest BCUT2D eigenvalue weighted by molar-refractivity contribution is 6.16. The Hall–Kier alpha value is -2.99. The van der Waals surface area contributed by atoms with Gasteiger partial charge in [0.15, 0.2) is 0 Å². The van der Waals surface area contributed by atoms with E-state index in [1.807, 2.05) is 9.80 Å². The number of amidine groups is 1. The van der Waals surface area contributed by atoms with E-state index in [-0.39, 0.29) is 11.8 Å². The van der Waals surface area contributed by atoms with Crippen LogP contribution in [0.2, 0.25) is 0 Å². The van der Waals surface area contributed by atoms with Gasteiger partial charge in [-0.2, -0.15) is 0 Å². The molecular formula is C29H31N3O3. The molecule has 2 aromatic rings. The van der Waals surface area contributed by atoms with E-state index in [1.54, 1.807) is 0 Å². The molecule has 5 aliphatic rings. The van der Waals surface area contributed by atoms with Gasteiger partial charge in [-0.1, -0.05) is 42.5 Å². The van der Waals surface area contributed by atoms with Crippen molar-refractivity contribution in [1.29, 1.82) is 0 Å². The summed E-state index contributed by atoms with van der Waals surface area (Å²) < 4.78 is 5.57. The summed E-state index contributed by atoms with van der Waals surface area (Å²) in [6.07, 6.45) is 5.70. The molecule has 6 nitrogen and oxygen atoms in total. The Morgan fingerprint density at radius 3 is 2.54 bits per heavy atom. The van der Waals surface area contributed by atoms with E-state index in [9.17, 15) is 9.59 Å². The van der Waals surface area contributed by atoms with Crippen molar-refractivity contribution in [2.75, 3.05) is 26.2 Å². The zero-order chi connectivity index (χ0) is 23.6. The van der Waals surface area contributed by atoms with Gasteiger partial charge in [0.25, 0.3) is 5.91 Å². The van der Waals surface area contributed by atoms with E-state index < -0.39 is 5.54 Å². The lowest BCUT2D eigenvalue weighted by Gasteiger charge is -2.23. The molecule has 2 aliphatic carbocycles. The Morgan fingerprint density at radius 2 is 1.77 bits per heavy atom. The van der Waals surface area contributed by atoms with E-state index in [1.165, 1.54) is 22.3 Å². The number of hydrogen-bond acceptors (Lipinski definition) is 4. The van der Waals surface area contributed by atoms with Gasteiger partial charge in [0.2, 0.25) is 5.91 Å². The van der Waals surface area contributed by atoms with Crippen LogP contribution in [0.4, 0.5) is 0 Å². The number of aliphatic imine (C=N–C) groups is 1. The first kappa shape index (κ1) is 21.3. The number of benzene rings is 2. The molecule has 1 saturated heterocycles. The second-order valence-corrected chi connectivity index (χ2v) is 11.0. The normalized spacial score (nSPS) is 24.6. The summed E-state index contributed by atoms with van der Waals surface area (Å²) in [4.78, 5) is 34.7. The topological polar surface area (TPSA) is 62.2 Å². The Morgan fingerprint density at radius 1 is 1.00 bits per heavy atom. The molecular weight excluding hydrogens is 438 g/mol. The quantitative estimate of drug-likeness (QED) is 0.669. The minimum absolute atomic E-state index is 0.153. The van der Waals surface area contributed by atoms with Crippen molar-refractivity contribution in [1.82, 2.24) is 9.80 Å². The zero-order valence-corrected chi connectivity index (χ0v) is 20.0. The van der Waals surface area contributed by atoms with Gasteiger partial charge in [-0.3, -0.25) is 19.5 Å².